The number of hydrogen-bond acceptors (Lipinski definition) is 9. The quantitative estimate of drug-likeness (QED) is 0.230. The second-order valence-electron chi connectivity index (χ2n) is 7.89. The van der Waals surface area contributed by atoms with Crippen molar-refractivity contribution < 1.29 is 38.1 Å². The lowest BCUT2D eigenvalue weighted by atomic mass is 9.95. The summed E-state index contributed by atoms with van der Waals surface area (Å²) in [6, 6.07) is 8.82. The van der Waals surface area contributed by atoms with E-state index in [4.69, 9.17) is 23.7 Å². The first-order chi connectivity index (χ1) is 18.3. The summed E-state index contributed by atoms with van der Waals surface area (Å²) in [7, 11) is 4.51. The van der Waals surface area contributed by atoms with E-state index in [1.54, 1.807) is 57.4 Å². The molecule has 12 nitrogen and oxygen atoms in total. The van der Waals surface area contributed by atoms with Gasteiger partial charge in [-0.3, -0.25) is 4.79 Å². The number of methoxy groups -OCH3 is 3. The molecule has 1 aliphatic heterocycles. The minimum atomic E-state index is -0.765. The maximum absolute atomic E-state index is 12.5. The Bertz CT molecular complexity index is 1260. The first kappa shape index (κ1) is 27.8. The number of amides is 3. The molecular weight excluding hydrogens is 496 g/mol. The lowest BCUT2D eigenvalue weighted by Crippen LogP contribution is -2.45. The van der Waals surface area contributed by atoms with Gasteiger partial charge in [-0.15, -0.1) is 0 Å². The Hall–Kier alpha value is -4.74. The van der Waals surface area contributed by atoms with Crippen LogP contribution in [0.15, 0.2) is 52.8 Å². The molecule has 3 N–H and O–H groups in total. The molecule has 0 bridgehead atoms. The van der Waals surface area contributed by atoms with Crippen LogP contribution >= 0.6 is 0 Å². The van der Waals surface area contributed by atoms with Crippen molar-refractivity contribution in [1.82, 2.24) is 16.1 Å². The predicted molar refractivity (Wildman–Crippen MR) is 138 cm³/mol. The molecule has 2 aromatic rings. The van der Waals surface area contributed by atoms with Gasteiger partial charge in [-0.2, -0.15) is 5.10 Å². The number of benzene rings is 2. The van der Waals surface area contributed by atoms with Gasteiger partial charge in [0.05, 0.1) is 45.8 Å². The third-order valence-electron chi connectivity index (χ3n) is 5.48. The molecular formula is C26H30N4O8. The van der Waals surface area contributed by atoms with Crippen LogP contribution < -0.4 is 35.0 Å². The summed E-state index contributed by atoms with van der Waals surface area (Å²) >= 11 is 0. The molecule has 2 aromatic carbocycles. The van der Waals surface area contributed by atoms with E-state index in [-0.39, 0.29) is 24.5 Å². The van der Waals surface area contributed by atoms with E-state index in [2.05, 4.69) is 21.2 Å². The average molecular weight is 527 g/mol. The minimum Gasteiger partial charge on any atom is -0.497 e. The van der Waals surface area contributed by atoms with E-state index in [9.17, 15) is 14.4 Å². The molecule has 0 radical (unpaired) electrons. The molecule has 3 rings (SSSR count). The summed E-state index contributed by atoms with van der Waals surface area (Å²) in [5.74, 6) is 0.688. The Labute approximate surface area is 219 Å². The fourth-order valence-corrected chi connectivity index (χ4v) is 3.68. The van der Waals surface area contributed by atoms with Crippen molar-refractivity contribution >= 4 is 24.1 Å². The molecule has 0 saturated carbocycles. The Kier molecular flexibility index (Phi) is 9.52. The molecule has 1 atom stereocenters. The molecule has 0 aliphatic carbocycles. The number of hydrogen-bond donors (Lipinski definition) is 3. The van der Waals surface area contributed by atoms with Gasteiger partial charge in [-0.25, -0.2) is 15.0 Å². The van der Waals surface area contributed by atoms with Gasteiger partial charge in [0, 0.05) is 17.3 Å². The van der Waals surface area contributed by atoms with Gasteiger partial charge in [0.1, 0.15) is 11.5 Å². The third kappa shape index (κ3) is 6.72. The Morgan fingerprint density at radius 2 is 1.79 bits per heavy atom. The van der Waals surface area contributed by atoms with Gasteiger partial charge in [-0.05, 0) is 43.7 Å². The highest BCUT2D eigenvalue weighted by molar-refractivity contribution is 5.95. The fourth-order valence-electron chi connectivity index (χ4n) is 3.68. The van der Waals surface area contributed by atoms with Crippen LogP contribution in [0.1, 0.15) is 31.0 Å². The van der Waals surface area contributed by atoms with Crippen molar-refractivity contribution in [2.75, 3.05) is 34.5 Å². The third-order valence-corrected chi connectivity index (χ3v) is 5.48. The predicted octanol–water partition coefficient (Wildman–Crippen LogP) is 2.43. The number of esters is 1. The smallest absolute Gasteiger partial charge is 0.338 e. The van der Waals surface area contributed by atoms with Crippen LogP contribution in [0.5, 0.6) is 23.0 Å². The van der Waals surface area contributed by atoms with E-state index in [0.29, 0.717) is 34.1 Å². The largest absolute Gasteiger partial charge is 0.497 e. The lowest BCUT2D eigenvalue weighted by Gasteiger charge is -2.28. The monoisotopic (exact) mass is 526 g/mol. The summed E-state index contributed by atoms with van der Waals surface area (Å²) in [5, 5.41) is 9.25. The average Bonchev–Trinajstić information content (AvgIpc) is 2.91. The van der Waals surface area contributed by atoms with Crippen LogP contribution in [0, 0.1) is 0 Å². The van der Waals surface area contributed by atoms with Gasteiger partial charge in [0.2, 0.25) is 0 Å². The number of nitrogens with one attached hydrogen (secondary N) is 3. The van der Waals surface area contributed by atoms with Crippen LogP contribution in [-0.4, -0.2) is 58.7 Å². The van der Waals surface area contributed by atoms with Crippen LogP contribution in [0.25, 0.3) is 0 Å². The summed E-state index contributed by atoms with van der Waals surface area (Å²) in [5.41, 5.74) is 4.25. The van der Waals surface area contributed by atoms with Crippen molar-refractivity contribution in [2.24, 2.45) is 5.10 Å². The molecule has 38 heavy (non-hydrogen) atoms. The zero-order valence-electron chi connectivity index (χ0n) is 21.7. The highest BCUT2D eigenvalue weighted by atomic mass is 16.5. The Morgan fingerprint density at radius 1 is 1.03 bits per heavy atom. The molecule has 0 aromatic heterocycles. The number of ether oxygens (including phenoxy) is 5. The maximum atomic E-state index is 12.5. The zero-order chi connectivity index (χ0) is 27.7. The van der Waals surface area contributed by atoms with Crippen LogP contribution in [0.4, 0.5) is 4.79 Å². The van der Waals surface area contributed by atoms with Crippen LogP contribution in [0.3, 0.4) is 0 Å². The van der Waals surface area contributed by atoms with E-state index >= 15 is 0 Å². The number of carbonyl (C=O) groups excluding carboxylic acids is 3. The van der Waals surface area contributed by atoms with Crippen LogP contribution in [0.2, 0.25) is 0 Å². The van der Waals surface area contributed by atoms with E-state index in [1.807, 2.05) is 0 Å². The van der Waals surface area contributed by atoms with E-state index < -0.39 is 23.9 Å². The number of allylic oxidation sites excluding steroid dienone is 1. The minimum absolute atomic E-state index is 0.187. The second kappa shape index (κ2) is 13.0. The molecule has 12 heteroatoms. The molecule has 202 valence electrons. The van der Waals surface area contributed by atoms with Crippen molar-refractivity contribution in [3.8, 4) is 23.0 Å². The van der Waals surface area contributed by atoms with E-state index in [0.717, 1.165) is 0 Å². The number of rotatable bonds is 11. The lowest BCUT2D eigenvalue weighted by molar-refractivity contribution is -0.139. The molecule has 1 heterocycles. The normalized spacial score (nSPS) is 14.9. The summed E-state index contributed by atoms with van der Waals surface area (Å²) in [6.45, 7) is 3.17. The Morgan fingerprint density at radius 3 is 2.47 bits per heavy atom. The maximum Gasteiger partial charge on any atom is 0.338 e. The summed E-state index contributed by atoms with van der Waals surface area (Å²) in [4.78, 5) is 36.9. The highest BCUT2D eigenvalue weighted by Crippen LogP contribution is 2.34. The number of nitrogens with zero attached hydrogens (tertiary/aromatic N) is 1. The zero-order valence-corrected chi connectivity index (χ0v) is 21.7. The number of carbonyl (C=O) groups is 3. The number of urea groups is 1. The highest BCUT2D eigenvalue weighted by Gasteiger charge is 2.32. The first-order valence-corrected chi connectivity index (χ1v) is 11.6. The van der Waals surface area contributed by atoms with Gasteiger partial charge >= 0.3 is 12.0 Å². The molecule has 0 fully saturated rings. The molecule has 3 amide bonds. The second-order valence-corrected chi connectivity index (χ2v) is 7.89. The topological polar surface area (TPSA) is 146 Å². The summed E-state index contributed by atoms with van der Waals surface area (Å²) in [6.07, 6.45) is 1.44. The van der Waals surface area contributed by atoms with Crippen molar-refractivity contribution in [2.45, 2.75) is 19.9 Å². The van der Waals surface area contributed by atoms with Crippen molar-refractivity contribution in [3.63, 3.8) is 0 Å². The van der Waals surface area contributed by atoms with Gasteiger partial charge in [0.15, 0.2) is 18.1 Å². The van der Waals surface area contributed by atoms with Crippen molar-refractivity contribution in [1.29, 1.82) is 0 Å². The SMILES string of the molecule is CCOC(=O)C1=C(C)NC(=O)N[C@H]1c1ccc(OCC(=O)N/N=C\c2ccc(OC)cc2OC)c(OC)c1. The van der Waals surface area contributed by atoms with Crippen molar-refractivity contribution in [3.05, 3.63) is 58.8 Å². The standard InChI is InChI=1S/C26H30N4O8/c1-6-37-25(32)23-15(2)28-26(33)29-24(23)16-8-10-19(21(11-16)36-5)38-14-22(31)30-27-13-17-7-9-18(34-3)12-20(17)35-4/h7-13,24H,6,14H2,1-5H3,(H,30,31)(H2,28,29,33)/b27-13-/t24-/m0/s1. The van der Waals surface area contributed by atoms with Gasteiger partial charge < -0.3 is 34.3 Å². The van der Waals surface area contributed by atoms with Gasteiger partial charge in [-0.1, -0.05) is 6.07 Å². The fraction of sp³-hybridized carbons (Fsp3) is 0.308. The van der Waals surface area contributed by atoms with E-state index in [1.165, 1.54) is 20.4 Å². The molecule has 0 saturated heterocycles. The summed E-state index contributed by atoms with van der Waals surface area (Å²) < 4.78 is 26.6. The molecule has 1 aliphatic rings. The molecule has 0 unspecified atom stereocenters. The van der Waals surface area contributed by atoms with Gasteiger partial charge in [0.25, 0.3) is 5.91 Å². The molecule has 0 spiro atoms. The Balaban J connectivity index is 1.68. The number of hydrazone groups is 1. The first-order valence-electron chi connectivity index (χ1n) is 11.6. The van der Waals surface area contributed by atoms with Crippen LogP contribution in [-0.2, 0) is 14.3 Å².